The fourth-order valence-electron chi connectivity index (χ4n) is 7.09. The van der Waals surface area contributed by atoms with Crippen LogP contribution >= 0.6 is 0 Å². The molecule has 1 aromatic heterocycles. The highest BCUT2D eigenvalue weighted by Gasteiger charge is 2.22. The van der Waals surface area contributed by atoms with Gasteiger partial charge in [0, 0.05) is 22.1 Å². The lowest BCUT2D eigenvalue weighted by Gasteiger charge is -2.26. The van der Waals surface area contributed by atoms with E-state index in [1.54, 1.807) is 0 Å². The maximum Gasteiger partial charge on any atom is 0.143 e. The van der Waals surface area contributed by atoms with Crippen molar-refractivity contribution in [3.05, 3.63) is 169 Å². The van der Waals surface area contributed by atoms with Crippen LogP contribution in [0, 0.1) is 0 Å². The lowest BCUT2D eigenvalue weighted by atomic mass is 9.90. The fourth-order valence-corrected chi connectivity index (χ4v) is 7.09. The highest BCUT2D eigenvalue weighted by atomic mass is 16.3. The van der Waals surface area contributed by atoms with Crippen LogP contribution < -0.4 is 4.90 Å². The second-order valence-electron chi connectivity index (χ2n) is 12.0. The molecule has 1 aliphatic rings. The van der Waals surface area contributed by atoms with Gasteiger partial charge >= 0.3 is 0 Å². The molecule has 7 aromatic carbocycles. The van der Waals surface area contributed by atoms with Gasteiger partial charge in [-0.1, -0.05) is 121 Å². The molecule has 46 heavy (non-hydrogen) atoms. The SMILES string of the molecule is C1=Cc2ccc(-c3cc4c(oc5cccc(N(c6ccccc6)c6ccc(-c7ccccc7)cc6)c54)c4ccccc34)cc2CC1. The van der Waals surface area contributed by atoms with Crippen molar-refractivity contribution in [1.29, 1.82) is 0 Å². The summed E-state index contributed by atoms with van der Waals surface area (Å²) < 4.78 is 6.75. The molecule has 1 aliphatic carbocycles. The molecule has 0 amide bonds. The highest BCUT2D eigenvalue weighted by molar-refractivity contribution is 6.22. The van der Waals surface area contributed by atoms with E-state index in [0.717, 1.165) is 57.2 Å². The van der Waals surface area contributed by atoms with E-state index in [1.807, 2.05) is 0 Å². The number of allylic oxidation sites excluding steroid dienone is 1. The van der Waals surface area contributed by atoms with E-state index in [9.17, 15) is 0 Å². The van der Waals surface area contributed by atoms with E-state index >= 15 is 0 Å². The Bertz CT molecular complexity index is 2400. The van der Waals surface area contributed by atoms with Crippen molar-refractivity contribution < 1.29 is 4.42 Å². The molecule has 8 aromatic rings. The zero-order valence-corrected chi connectivity index (χ0v) is 25.4. The molecule has 0 bridgehead atoms. The van der Waals surface area contributed by atoms with Crippen LogP contribution in [0.25, 0.3) is 61.0 Å². The van der Waals surface area contributed by atoms with Crippen molar-refractivity contribution >= 4 is 55.8 Å². The first-order valence-electron chi connectivity index (χ1n) is 16.0. The Kier molecular flexibility index (Phi) is 6.31. The van der Waals surface area contributed by atoms with Gasteiger partial charge in [0.25, 0.3) is 0 Å². The van der Waals surface area contributed by atoms with E-state index in [0.29, 0.717) is 0 Å². The second-order valence-corrected chi connectivity index (χ2v) is 12.0. The predicted molar refractivity (Wildman–Crippen MR) is 194 cm³/mol. The third-order valence-corrected chi connectivity index (χ3v) is 9.30. The maximum absolute atomic E-state index is 6.75. The number of para-hydroxylation sites is 1. The maximum atomic E-state index is 6.75. The number of fused-ring (bicyclic) bond motifs is 6. The molecule has 0 N–H and O–H groups in total. The number of hydrogen-bond acceptors (Lipinski definition) is 2. The van der Waals surface area contributed by atoms with Crippen molar-refractivity contribution in [2.45, 2.75) is 12.8 Å². The molecule has 0 atom stereocenters. The van der Waals surface area contributed by atoms with Crippen molar-refractivity contribution in [3.8, 4) is 22.3 Å². The number of hydrogen-bond donors (Lipinski definition) is 0. The van der Waals surface area contributed by atoms with Crippen LogP contribution in [0.2, 0.25) is 0 Å². The molecule has 0 saturated heterocycles. The Morgan fingerprint density at radius 3 is 2.04 bits per heavy atom. The van der Waals surface area contributed by atoms with Crippen molar-refractivity contribution in [1.82, 2.24) is 0 Å². The molecule has 0 spiro atoms. The Labute approximate surface area is 268 Å². The molecule has 0 unspecified atom stereocenters. The van der Waals surface area contributed by atoms with Crippen LogP contribution in [0.5, 0.6) is 0 Å². The summed E-state index contributed by atoms with van der Waals surface area (Å²) in [7, 11) is 0. The van der Waals surface area contributed by atoms with Gasteiger partial charge in [-0.2, -0.15) is 0 Å². The molecule has 9 rings (SSSR count). The number of nitrogens with zero attached hydrogens (tertiary/aromatic N) is 1. The third-order valence-electron chi connectivity index (χ3n) is 9.30. The number of rotatable bonds is 5. The van der Waals surface area contributed by atoms with Crippen molar-refractivity contribution in [2.75, 3.05) is 4.90 Å². The Morgan fingerprint density at radius 1 is 0.522 bits per heavy atom. The lowest BCUT2D eigenvalue weighted by Crippen LogP contribution is -2.10. The third kappa shape index (κ3) is 4.42. The highest BCUT2D eigenvalue weighted by Crippen LogP contribution is 2.46. The summed E-state index contributed by atoms with van der Waals surface area (Å²) in [6.45, 7) is 0. The van der Waals surface area contributed by atoms with Crippen LogP contribution in [0.1, 0.15) is 17.5 Å². The summed E-state index contributed by atoms with van der Waals surface area (Å²) in [4.78, 5) is 2.35. The van der Waals surface area contributed by atoms with Crippen LogP contribution in [-0.4, -0.2) is 0 Å². The average molecular weight is 590 g/mol. The van der Waals surface area contributed by atoms with Crippen LogP contribution in [0.3, 0.4) is 0 Å². The molecular weight excluding hydrogens is 558 g/mol. The minimum absolute atomic E-state index is 0.882. The summed E-state index contributed by atoms with van der Waals surface area (Å²) in [6, 6.07) is 54.4. The van der Waals surface area contributed by atoms with Gasteiger partial charge in [0.2, 0.25) is 0 Å². The topological polar surface area (TPSA) is 16.4 Å². The lowest BCUT2D eigenvalue weighted by molar-refractivity contribution is 0.672. The van der Waals surface area contributed by atoms with Gasteiger partial charge in [0.1, 0.15) is 11.2 Å². The van der Waals surface area contributed by atoms with Gasteiger partial charge in [0.15, 0.2) is 0 Å². The molecular formula is C44H31NO. The molecule has 0 radical (unpaired) electrons. The standard InChI is InChI=1S/C44H31NO/c1-3-12-30(13-4-1)32-24-26-36(27-25-32)45(35-16-5-2-6-17-35)41-20-11-21-42-43(41)40-29-39(37-18-9-10-19-38(37)44(40)46-42)34-23-22-31-14-7-8-15-33(31)28-34/h1-7,9-14,16-29H,8,15H2. The smallest absolute Gasteiger partial charge is 0.143 e. The first-order valence-corrected chi connectivity index (χ1v) is 16.0. The molecule has 2 heteroatoms. The first kappa shape index (κ1) is 26.5. The predicted octanol–water partition coefficient (Wildman–Crippen LogP) is 12.5. The molecule has 0 saturated carbocycles. The molecule has 2 nitrogen and oxygen atoms in total. The zero-order valence-electron chi connectivity index (χ0n) is 25.4. The second kappa shape index (κ2) is 10.9. The van der Waals surface area contributed by atoms with Crippen LogP contribution in [0.15, 0.2) is 162 Å². The van der Waals surface area contributed by atoms with Gasteiger partial charge in [-0.3, -0.25) is 0 Å². The number of aryl methyl sites for hydroxylation is 1. The number of anilines is 3. The van der Waals surface area contributed by atoms with Crippen molar-refractivity contribution in [3.63, 3.8) is 0 Å². The summed E-state index contributed by atoms with van der Waals surface area (Å²) in [6.07, 6.45) is 6.70. The quantitative estimate of drug-likeness (QED) is 0.199. The Hall–Kier alpha value is -5.86. The summed E-state index contributed by atoms with van der Waals surface area (Å²) in [5, 5.41) is 4.58. The molecule has 1 heterocycles. The van der Waals surface area contributed by atoms with Crippen molar-refractivity contribution in [2.24, 2.45) is 0 Å². The van der Waals surface area contributed by atoms with E-state index in [4.69, 9.17) is 4.42 Å². The van der Waals surface area contributed by atoms with E-state index in [-0.39, 0.29) is 0 Å². The van der Waals surface area contributed by atoms with E-state index in [1.165, 1.54) is 38.8 Å². The van der Waals surface area contributed by atoms with Crippen LogP contribution in [0.4, 0.5) is 17.1 Å². The van der Waals surface area contributed by atoms with Gasteiger partial charge < -0.3 is 9.32 Å². The van der Waals surface area contributed by atoms with Gasteiger partial charge in [-0.25, -0.2) is 0 Å². The molecule has 0 aliphatic heterocycles. The Morgan fingerprint density at radius 2 is 1.22 bits per heavy atom. The minimum atomic E-state index is 0.882. The Balaban J connectivity index is 1.29. The first-order chi connectivity index (χ1) is 22.8. The number of benzene rings is 7. The van der Waals surface area contributed by atoms with Gasteiger partial charge in [-0.05, 0) is 94.1 Å². The van der Waals surface area contributed by atoms with E-state index in [2.05, 4.69) is 169 Å². The zero-order chi connectivity index (χ0) is 30.5. The van der Waals surface area contributed by atoms with Gasteiger partial charge in [-0.15, -0.1) is 0 Å². The normalized spacial score (nSPS) is 12.5. The summed E-state index contributed by atoms with van der Waals surface area (Å²) in [5.41, 5.74) is 12.7. The average Bonchev–Trinajstić information content (AvgIpc) is 3.52. The minimum Gasteiger partial charge on any atom is -0.455 e. The van der Waals surface area contributed by atoms with Gasteiger partial charge in [0.05, 0.1) is 11.1 Å². The molecule has 0 fully saturated rings. The monoisotopic (exact) mass is 589 g/mol. The number of furan rings is 1. The molecule has 218 valence electrons. The van der Waals surface area contributed by atoms with E-state index < -0.39 is 0 Å². The van der Waals surface area contributed by atoms with Crippen LogP contribution in [-0.2, 0) is 6.42 Å². The summed E-state index contributed by atoms with van der Waals surface area (Å²) >= 11 is 0. The largest absolute Gasteiger partial charge is 0.455 e. The fraction of sp³-hybridized carbons (Fsp3) is 0.0455. The summed E-state index contributed by atoms with van der Waals surface area (Å²) in [5.74, 6) is 0.